The van der Waals surface area contributed by atoms with Gasteiger partial charge in [-0.05, 0) is 62.8 Å². The molecule has 0 aromatic heterocycles. The molecule has 3 atom stereocenters. The minimum Gasteiger partial charge on any atom is -0.461 e. The molecular weight excluding hydrogens is 584 g/mol. The molecule has 1 aromatic rings. The second-order valence-corrected chi connectivity index (χ2v) is 11.2. The standard InChI is InChI=1S/C31H44N6O8/c1-19(2)17-25(35-26(39)14-16-37-27(40)12-13-28(37)41)31(44)33-20(3)29(42)36-24(7-5-6-15-32)30(43)34-23-10-8-22(9-11-23)18-45-21(4)38/h8-13,19-20,24-25H,5-7,14-18,32H2,1-4H3,(H,33,44)(H,34,43)(H,35,39)(H,36,42)/t20-,24-,25+/m0/s1. The van der Waals surface area contributed by atoms with Crippen LogP contribution in [0.4, 0.5) is 5.69 Å². The van der Waals surface area contributed by atoms with Crippen molar-refractivity contribution in [2.75, 3.05) is 18.4 Å². The summed E-state index contributed by atoms with van der Waals surface area (Å²) in [6.07, 6.45) is 3.86. The number of esters is 1. The van der Waals surface area contributed by atoms with E-state index in [0.29, 0.717) is 31.5 Å². The monoisotopic (exact) mass is 628 g/mol. The number of amides is 6. The second-order valence-electron chi connectivity index (χ2n) is 11.2. The van der Waals surface area contributed by atoms with Gasteiger partial charge in [-0.3, -0.25) is 38.5 Å². The third-order valence-corrected chi connectivity index (χ3v) is 6.82. The van der Waals surface area contributed by atoms with Crippen molar-refractivity contribution in [3.05, 3.63) is 42.0 Å². The molecule has 1 aliphatic heterocycles. The summed E-state index contributed by atoms with van der Waals surface area (Å²) in [6, 6.07) is 3.78. The molecule has 0 radical (unpaired) electrons. The number of ether oxygens (including phenoxy) is 1. The lowest BCUT2D eigenvalue weighted by molar-refractivity contribution is -0.142. The molecule has 6 amide bonds. The first-order chi connectivity index (χ1) is 21.3. The van der Waals surface area contributed by atoms with Crippen molar-refractivity contribution in [1.82, 2.24) is 20.9 Å². The van der Waals surface area contributed by atoms with Gasteiger partial charge in [-0.1, -0.05) is 26.0 Å². The SMILES string of the molecule is CC(=O)OCc1ccc(NC(=O)[C@H](CCCCN)NC(=O)[C@H](C)NC(=O)[C@@H](CC(C)C)NC(=O)CCN2C(=O)C=CC2=O)cc1. The Kier molecular flexibility index (Phi) is 14.9. The molecule has 14 heteroatoms. The van der Waals surface area contributed by atoms with Crippen LogP contribution < -0.4 is 27.0 Å². The first-order valence-corrected chi connectivity index (χ1v) is 15.0. The Balaban J connectivity index is 1.99. The maximum absolute atomic E-state index is 13.1. The fourth-order valence-electron chi connectivity index (χ4n) is 4.37. The van der Waals surface area contributed by atoms with Crippen LogP contribution in [0, 0.1) is 5.92 Å². The lowest BCUT2D eigenvalue weighted by atomic mass is 10.0. The molecule has 2 rings (SSSR count). The normalized spacial score (nSPS) is 14.5. The van der Waals surface area contributed by atoms with Gasteiger partial charge in [0.05, 0.1) is 0 Å². The van der Waals surface area contributed by atoms with Gasteiger partial charge >= 0.3 is 5.97 Å². The number of anilines is 1. The van der Waals surface area contributed by atoms with Crippen LogP contribution in [-0.4, -0.2) is 77.5 Å². The molecule has 14 nitrogen and oxygen atoms in total. The Bertz CT molecular complexity index is 1250. The summed E-state index contributed by atoms with van der Waals surface area (Å²) in [5.41, 5.74) is 6.82. The molecule has 0 spiro atoms. The van der Waals surface area contributed by atoms with E-state index < -0.39 is 59.5 Å². The fourth-order valence-corrected chi connectivity index (χ4v) is 4.37. The first kappa shape index (κ1) is 36.6. The number of carbonyl (C=O) groups is 7. The quantitative estimate of drug-likeness (QED) is 0.0878. The van der Waals surface area contributed by atoms with E-state index in [9.17, 15) is 33.6 Å². The first-order valence-electron chi connectivity index (χ1n) is 15.0. The summed E-state index contributed by atoms with van der Waals surface area (Å²) in [5.74, 6) is -3.58. The minimum atomic E-state index is -1.04. The zero-order chi connectivity index (χ0) is 33.5. The Labute approximate surface area is 262 Å². The third kappa shape index (κ3) is 12.9. The third-order valence-electron chi connectivity index (χ3n) is 6.82. The van der Waals surface area contributed by atoms with Crippen LogP contribution in [0.15, 0.2) is 36.4 Å². The minimum absolute atomic E-state index is 0.0162. The maximum atomic E-state index is 13.1. The number of rotatable bonds is 18. The molecular formula is C31H44N6O8. The number of nitrogens with zero attached hydrogens (tertiary/aromatic N) is 1. The highest BCUT2D eigenvalue weighted by atomic mass is 16.5. The number of carbonyl (C=O) groups excluding carboxylic acids is 7. The van der Waals surface area contributed by atoms with Gasteiger partial charge in [0, 0.05) is 37.7 Å². The molecule has 1 aliphatic rings. The number of nitrogens with two attached hydrogens (primary N) is 1. The van der Waals surface area contributed by atoms with Crippen LogP contribution in [0.1, 0.15) is 65.4 Å². The number of benzene rings is 1. The largest absolute Gasteiger partial charge is 0.461 e. The summed E-state index contributed by atoms with van der Waals surface area (Å²) >= 11 is 0. The lowest BCUT2D eigenvalue weighted by Crippen LogP contribution is -2.55. The van der Waals surface area contributed by atoms with Crippen molar-refractivity contribution >= 4 is 47.1 Å². The Morgan fingerprint density at radius 3 is 2.07 bits per heavy atom. The van der Waals surface area contributed by atoms with Gasteiger partial charge < -0.3 is 31.7 Å². The van der Waals surface area contributed by atoms with Gasteiger partial charge in [0.1, 0.15) is 24.7 Å². The van der Waals surface area contributed by atoms with Crippen LogP contribution in [0.2, 0.25) is 0 Å². The lowest BCUT2D eigenvalue weighted by Gasteiger charge is -2.24. The van der Waals surface area contributed by atoms with Crippen LogP contribution >= 0.6 is 0 Å². The zero-order valence-electron chi connectivity index (χ0n) is 26.2. The van der Waals surface area contributed by atoms with Gasteiger partial charge in [0.15, 0.2) is 0 Å². The van der Waals surface area contributed by atoms with Crippen LogP contribution in [0.3, 0.4) is 0 Å². The number of hydrogen-bond donors (Lipinski definition) is 5. The van der Waals surface area contributed by atoms with Crippen molar-refractivity contribution < 1.29 is 38.3 Å². The van der Waals surface area contributed by atoms with Crippen molar-refractivity contribution in [2.45, 2.75) is 84.5 Å². The fraction of sp³-hybridized carbons (Fsp3) is 0.516. The van der Waals surface area contributed by atoms with Crippen LogP contribution in [-0.2, 0) is 44.9 Å². The molecule has 1 heterocycles. The summed E-state index contributed by atoms with van der Waals surface area (Å²) in [6.45, 7) is 6.91. The molecule has 0 saturated heterocycles. The van der Waals surface area contributed by atoms with E-state index in [4.69, 9.17) is 10.5 Å². The summed E-state index contributed by atoms with van der Waals surface area (Å²) < 4.78 is 4.96. The summed E-state index contributed by atoms with van der Waals surface area (Å²) in [4.78, 5) is 87.4. The number of unbranched alkanes of at least 4 members (excludes halogenated alkanes) is 1. The van der Waals surface area contributed by atoms with Crippen molar-refractivity contribution in [3.63, 3.8) is 0 Å². The molecule has 246 valence electrons. The van der Waals surface area contributed by atoms with Gasteiger partial charge in [-0.15, -0.1) is 0 Å². The maximum Gasteiger partial charge on any atom is 0.302 e. The Morgan fingerprint density at radius 2 is 1.49 bits per heavy atom. The van der Waals surface area contributed by atoms with Gasteiger partial charge in [0.25, 0.3) is 11.8 Å². The van der Waals surface area contributed by atoms with E-state index in [0.717, 1.165) is 22.6 Å². The van der Waals surface area contributed by atoms with Crippen molar-refractivity contribution in [3.8, 4) is 0 Å². The van der Waals surface area contributed by atoms with Crippen molar-refractivity contribution in [1.29, 1.82) is 0 Å². The van der Waals surface area contributed by atoms with E-state index >= 15 is 0 Å². The Hall–Kier alpha value is -4.59. The highest BCUT2D eigenvalue weighted by molar-refractivity contribution is 6.13. The highest BCUT2D eigenvalue weighted by Crippen LogP contribution is 2.13. The highest BCUT2D eigenvalue weighted by Gasteiger charge is 2.29. The molecule has 0 unspecified atom stereocenters. The summed E-state index contributed by atoms with van der Waals surface area (Å²) in [7, 11) is 0. The van der Waals surface area contributed by atoms with E-state index in [1.54, 1.807) is 24.3 Å². The molecule has 0 fully saturated rings. The smallest absolute Gasteiger partial charge is 0.302 e. The number of imide groups is 1. The van der Waals surface area contributed by atoms with Crippen LogP contribution in [0.5, 0.6) is 0 Å². The molecule has 45 heavy (non-hydrogen) atoms. The predicted octanol–water partition coefficient (Wildman–Crippen LogP) is 0.653. The van der Waals surface area contributed by atoms with E-state index in [-0.39, 0.29) is 31.9 Å². The summed E-state index contributed by atoms with van der Waals surface area (Å²) in [5, 5.41) is 10.7. The van der Waals surface area contributed by atoms with Gasteiger partial charge in [-0.2, -0.15) is 0 Å². The number of nitrogens with one attached hydrogen (secondary N) is 4. The molecule has 6 N–H and O–H groups in total. The average molecular weight is 629 g/mol. The average Bonchev–Trinajstić information content (AvgIpc) is 3.30. The van der Waals surface area contributed by atoms with E-state index in [1.807, 2.05) is 13.8 Å². The van der Waals surface area contributed by atoms with Crippen LogP contribution in [0.25, 0.3) is 0 Å². The molecule has 1 aromatic carbocycles. The van der Waals surface area contributed by atoms with Crippen molar-refractivity contribution in [2.24, 2.45) is 11.7 Å². The predicted molar refractivity (Wildman–Crippen MR) is 165 cm³/mol. The number of hydrogen-bond acceptors (Lipinski definition) is 9. The molecule has 0 aliphatic carbocycles. The van der Waals surface area contributed by atoms with Gasteiger partial charge in [0.2, 0.25) is 23.6 Å². The van der Waals surface area contributed by atoms with Gasteiger partial charge in [-0.25, -0.2) is 0 Å². The van der Waals surface area contributed by atoms with E-state index in [1.165, 1.54) is 13.8 Å². The topological polar surface area (TPSA) is 206 Å². The Morgan fingerprint density at radius 1 is 0.844 bits per heavy atom. The second kappa shape index (κ2) is 18.3. The molecule has 0 bridgehead atoms. The zero-order valence-corrected chi connectivity index (χ0v) is 26.2. The van der Waals surface area contributed by atoms with E-state index in [2.05, 4.69) is 21.3 Å². The molecule has 0 saturated carbocycles.